The largest absolute Gasteiger partial charge is 0.292 e. The molecule has 14 heavy (non-hydrogen) atoms. The Morgan fingerprint density at radius 2 is 1.86 bits per heavy atom. The summed E-state index contributed by atoms with van der Waals surface area (Å²) < 4.78 is 0. The van der Waals surface area contributed by atoms with E-state index in [0.29, 0.717) is 11.3 Å². The Morgan fingerprint density at radius 1 is 1.29 bits per heavy atom. The van der Waals surface area contributed by atoms with E-state index < -0.39 is 0 Å². The molecule has 1 fully saturated rings. The second-order valence-electron chi connectivity index (χ2n) is 5.89. The molecule has 0 aromatic heterocycles. The van der Waals surface area contributed by atoms with Crippen LogP contribution in [-0.2, 0) is 0 Å². The summed E-state index contributed by atoms with van der Waals surface area (Å²) in [6.45, 7) is 6.81. The van der Waals surface area contributed by atoms with Gasteiger partial charge < -0.3 is 0 Å². The van der Waals surface area contributed by atoms with Gasteiger partial charge in [-0.2, -0.15) is 5.26 Å². The molecule has 2 unspecified atom stereocenters. The van der Waals surface area contributed by atoms with Crippen LogP contribution in [0.25, 0.3) is 0 Å². The van der Waals surface area contributed by atoms with Gasteiger partial charge in [0.15, 0.2) is 0 Å². The van der Waals surface area contributed by atoms with E-state index >= 15 is 0 Å². The second-order valence-corrected chi connectivity index (χ2v) is 5.89. The highest BCUT2D eigenvalue weighted by atomic mass is 15.1. The highest BCUT2D eigenvalue weighted by Gasteiger charge is 2.44. The van der Waals surface area contributed by atoms with Gasteiger partial charge in [0.25, 0.3) is 0 Å². The lowest BCUT2D eigenvalue weighted by molar-refractivity contribution is 0.0508. The lowest BCUT2D eigenvalue weighted by Gasteiger charge is -2.47. The van der Waals surface area contributed by atoms with Crippen LogP contribution in [0.1, 0.15) is 40.0 Å². The Balaban J connectivity index is 2.94. The summed E-state index contributed by atoms with van der Waals surface area (Å²) in [5.41, 5.74) is 0.0683. The standard InChI is InChI=1S/C12H22N2/c1-10-6-11(2,3)8-12(7-10,9-13)14(4)5/h10H,6-8H2,1-5H3. The second kappa shape index (κ2) is 3.55. The molecular formula is C12H22N2. The summed E-state index contributed by atoms with van der Waals surface area (Å²) in [6.07, 6.45) is 3.25. The fourth-order valence-electron chi connectivity index (χ4n) is 3.05. The van der Waals surface area contributed by atoms with Crippen LogP contribution < -0.4 is 0 Å². The quantitative estimate of drug-likeness (QED) is 0.641. The van der Waals surface area contributed by atoms with Crippen LogP contribution in [0.5, 0.6) is 0 Å². The fourth-order valence-corrected chi connectivity index (χ4v) is 3.05. The molecule has 1 rings (SSSR count). The Bertz CT molecular complexity index is 250. The van der Waals surface area contributed by atoms with Crippen molar-refractivity contribution in [2.45, 2.75) is 45.6 Å². The van der Waals surface area contributed by atoms with Gasteiger partial charge in [-0.3, -0.25) is 4.90 Å². The van der Waals surface area contributed by atoms with Crippen molar-refractivity contribution in [2.75, 3.05) is 14.1 Å². The zero-order valence-corrected chi connectivity index (χ0v) is 10.1. The summed E-state index contributed by atoms with van der Waals surface area (Å²) in [7, 11) is 4.05. The number of nitriles is 1. The van der Waals surface area contributed by atoms with Crippen molar-refractivity contribution in [2.24, 2.45) is 11.3 Å². The fraction of sp³-hybridized carbons (Fsp3) is 0.917. The highest BCUT2D eigenvalue weighted by Crippen LogP contribution is 2.45. The normalized spacial score (nSPS) is 36.8. The maximum Gasteiger partial charge on any atom is 0.109 e. The van der Waals surface area contributed by atoms with E-state index in [1.54, 1.807) is 0 Å². The maximum absolute atomic E-state index is 9.37. The molecule has 0 aromatic carbocycles. The average molecular weight is 194 g/mol. The number of nitrogens with zero attached hydrogens (tertiary/aromatic N) is 2. The molecule has 0 aromatic rings. The van der Waals surface area contributed by atoms with Gasteiger partial charge in [0.2, 0.25) is 0 Å². The van der Waals surface area contributed by atoms with Gasteiger partial charge in [0.1, 0.15) is 5.54 Å². The predicted molar refractivity (Wildman–Crippen MR) is 58.8 cm³/mol. The lowest BCUT2D eigenvalue weighted by atomic mass is 9.64. The SMILES string of the molecule is CC1CC(C)(C)CC(C#N)(N(C)C)C1. The van der Waals surface area contributed by atoms with E-state index in [0.717, 1.165) is 12.8 Å². The van der Waals surface area contributed by atoms with Crippen molar-refractivity contribution in [1.29, 1.82) is 5.26 Å². The topological polar surface area (TPSA) is 27.0 Å². The minimum absolute atomic E-state index is 0.235. The van der Waals surface area contributed by atoms with Crippen LogP contribution in [-0.4, -0.2) is 24.5 Å². The molecule has 0 amide bonds. The summed E-state index contributed by atoms with van der Waals surface area (Å²) in [5.74, 6) is 0.654. The minimum Gasteiger partial charge on any atom is -0.292 e. The molecule has 2 nitrogen and oxygen atoms in total. The smallest absolute Gasteiger partial charge is 0.109 e. The molecule has 0 bridgehead atoms. The maximum atomic E-state index is 9.37. The average Bonchev–Trinajstić information content (AvgIpc) is 2.00. The Morgan fingerprint density at radius 3 is 2.21 bits per heavy atom. The molecule has 2 heteroatoms. The molecule has 1 aliphatic rings. The van der Waals surface area contributed by atoms with E-state index in [9.17, 15) is 5.26 Å². The van der Waals surface area contributed by atoms with Gasteiger partial charge in [-0.25, -0.2) is 0 Å². The van der Waals surface area contributed by atoms with Gasteiger partial charge in [-0.1, -0.05) is 20.8 Å². The van der Waals surface area contributed by atoms with E-state index in [2.05, 4.69) is 31.7 Å². The predicted octanol–water partition coefficient (Wildman–Crippen LogP) is 2.66. The summed E-state index contributed by atoms with van der Waals surface area (Å²) in [5, 5.41) is 9.37. The van der Waals surface area contributed by atoms with E-state index in [1.165, 1.54) is 6.42 Å². The highest BCUT2D eigenvalue weighted by molar-refractivity contribution is 5.12. The summed E-state index contributed by atoms with van der Waals surface area (Å²) in [4.78, 5) is 2.10. The van der Waals surface area contributed by atoms with Gasteiger partial charge in [-0.15, -0.1) is 0 Å². The van der Waals surface area contributed by atoms with E-state index in [4.69, 9.17) is 0 Å². The van der Waals surface area contributed by atoms with Crippen molar-refractivity contribution in [1.82, 2.24) is 4.90 Å². The van der Waals surface area contributed by atoms with Crippen molar-refractivity contribution in [3.05, 3.63) is 0 Å². The molecule has 80 valence electrons. The van der Waals surface area contributed by atoms with Crippen LogP contribution >= 0.6 is 0 Å². The van der Waals surface area contributed by atoms with Crippen LogP contribution in [0.15, 0.2) is 0 Å². The third-order valence-corrected chi connectivity index (χ3v) is 3.42. The minimum atomic E-state index is -0.235. The Labute approximate surface area is 87.9 Å². The van der Waals surface area contributed by atoms with Gasteiger partial charge in [-0.05, 0) is 44.7 Å². The molecule has 0 radical (unpaired) electrons. The Hall–Kier alpha value is -0.550. The molecule has 1 aliphatic carbocycles. The van der Waals surface area contributed by atoms with Crippen molar-refractivity contribution in [3.63, 3.8) is 0 Å². The first-order valence-corrected chi connectivity index (χ1v) is 5.40. The molecule has 2 atom stereocenters. The first kappa shape index (κ1) is 11.5. The first-order valence-electron chi connectivity index (χ1n) is 5.40. The summed E-state index contributed by atoms with van der Waals surface area (Å²) in [6, 6.07) is 2.53. The van der Waals surface area contributed by atoms with E-state index in [1.807, 2.05) is 14.1 Å². The monoisotopic (exact) mass is 194 g/mol. The van der Waals surface area contributed by atoms with Crippen molar-refractivity contribution < 1.29 is 0 Å². The molecule has 0 heterocycles. The summed E-state index contributed by atoms with van der Waals surface area (Å²) >= 11 is 0. The third-order valence-electron chi connectivity index (χ3n) is 3.42. The number of rotatable bonds is 1. The van der Waals surface area contributed by atoms with Gasteiger partial charge >= 0.3 is 0 Å². The van der Waals surface area contributed by atoms with E-state index in [-0.39, 0.29) is 5.54 Å². The molecule has 0 aliphatic heterocycles. The third kappa shape index (κ3) is 2.09. The molecule has 1 saturated carbocycles. The number of hydrogen-bond donors (Lipinski definition) is 0. The zero-order valence-electron chi connectivity index (χ0n) is 10.1. The lowest BCUT2D eigenvalue weighted by Crippen LogP contribution is -2.50. The molecule has 0 saturated heterocycles. The first-order chi connectivity index (χ1) is 6.31. The molecular weight excluding hydrogens is 172 g/mol. The van der Waals surface area contributed by atoms with Gasteiger partial charge in [0, 0.05) is 0 Å². The van der Waals surface area contributed by atoms with Crippen LogP contribution in [0.2, 0.25) is 0 Å². The van der Waals surface area contributed by atoms with Crippen LogP contribution in [0, 0.1) is 22.7 Å². The Kier molecular flexibility index (Phi) is 2.92. The molecule has 0 spiro atoms. The number of hydrogen-bond acceptors (Lipinski definition) is 2. The van der Waals surface area contributed by atoms with Crippen LogP contribution in [0.3, 0.4) is 0 Å². The molecule has 0 N–H and O–H groups in total. The van der Waals surface area contributed by atoms with Crippen molar-refractivity contribution >= 4 is 0 Å². The van der Waals surface area contributed by atoms with Gasteiger partial charge in [0.05, 0.1) is 6.07 Å². The van der Waals surface area contributed by atoms with Crippen molar-refractivity contribution in [3.8, 4) is 6.07 Å². The van der Waals surface area contributed by atoms with Crippen LogP contribution in [0.4, 0.5) is 0 Å². The zero-order chi connectivity index (χ0) is 11.0.